The molecule has 2 aromatic heterocycles. The molecule has 0 bridgehead atoms. The molecule has 0 spiro atoms. The normalized spacial score (nSPS) is 20.3. The molecule has 37 heavy (non-hydrogen) atoms. The van der Waals surface area contributed by atoms with E-state index < -0.39 is 39.9 Å². The predicted molar refractivity (Wildman–Crippen MR) is 132 cm³/mol. The van der Waals surface area contributed by atoms with Crippen molar-refractivity contribution >= 4 is 49.4 Å². The lowest BCUT2D eigenvalue weighted by molar-refractivity contribution is -0.136. The number of anilines is 1. The summed E-state index contributed by atoms with van der Waals surface area (Å²) in [4.78, 5) is 32.5. The van der Waals surface area contributed by atoms with Gasteiger partial charge in [-0.15, -0.1) is 11.3 Å². The van der Waals surface area contributed by atoms with Crippen LogP contribution in [0.2, 0.25) is 0 Å². The molecule has 2 aliphatic rings. The highest BCUT2D eigenvalue weighted by molar-refractivity contribution is 7.88. The standard InChI is InChI=1S/C22H28F3N5O5S2/c1-13-11-29(37(3,33)34)8-9-30(13)21(32)35-14-4-6-28(7-5-14)17-10-16(22(23,24)25)19-18(27-17)15(12-36-19)20(31)26-2/h10,12-14H,4-9,11H2,1-3H3,(H,26,31). The van der Waals surface area contributed by atoms with Crippen molar-refractivity contribution in [3.05, 3.63) is 22.6 Å². The fourth-order valence-electron chi connectivity index (χ4n) is 4.57. The quantitative estimate of drug-likeness (QED) is 0.609. The second-order valence-corrected chi connectivity index (χ2v) is 12.0. The number of fused-ring (bicyclic) bond motifs is 1. The molecule has 0 radical (unpaired) electrons. The summed E-state index contributed by atoms with van der Waals surface area (Å²) in [5.41, 5.74) is -0.753. The second kappa shape index (κ2) is 10.3. The highest BCUT2D eigenvalue weighted by Gasteiger charge is 2.37. The van der Waals surface area contributed by atoms with Gasteiger partial charge in [0.05, 0.1) is 27.6 Å². The highest BCUT2D eigenvalue weighted by Crippen LogP contribution is 2.40. The Morgan fingerprint density at radius 3 is 2.43 bits per heavy atom. The maximum atomic E-state index is 13.8. The Bertz CT molecular complexity index is 1290. The van der Waals surface area contributed by atoms with Crippen LogP contribution < -0.4 is 10.2 Å². The third-order valence-electron chi connectivity index (χ3n) is 6.61. The maximum Gasteiger partial charge on any atom is 0.417 e. The number of sulfonamides is 1. The van der Waals surface area contributed by atoms with Crippen molar-refractivity contribution < 1.29 is 35.9 Å². The van der Waals surface area contributed by atoms with Crippen LogP contribution in [0, 0.1) is 0 Å². The molecule has 1 atom stereocenters. The number of ether oxygens (including phenoxy) is 1. The Labute approximate surface area is 216 Å². The number of thiophene rings is 1. The SMILES string of the molecule is CNC(=O)c1csc2c(C(F)(F)F)cc(N3CCC(OC(=O)N4CCN(S(C)(=O)=O)CC4C)CC3)nc12. The smallest absolute Gasteiger partial charge is 0.417 e. The van der Waals surface area contributed by atoms with Crippen molar-refractivity contribution in [3.63, 3.8) is 0 Å². The first-order valence-electron chi connectivity index (χ1n) is 11.7. The van der Waals surface area contributed by atoms with Gasteiger partial charge in [-0.1, -0.05) is 0 Å². The van der Waals surface area contributed by atoms with Crippen LogP contribution in [-0.2, 0) is 20.9 Å². The van der Waals surface area contributed by atoms with Crippen LogP contribution in [-0.4, -0.2) is 92.8 Å². The van der Waals surface area contributed by atoms with E-state index in [0.717, 1.165) is 23.7 Å². The minimum absolute atomic E-state index is 0.00458. The molecular formula is C22H28F3N5O5S2. The summed E-state index contributed by atoms with van der Waals surface area (Å²) in [7, 11) is -1.95. The van der Waals surface area contributed by atoms with Crippen LogP contribution >= 0.6 is 11.3 Å². The van der Waals surface area contributed by atoms with Crippen LogP contribution in [0.4, 0.5) is 23.8 Å². The summed E-state index contributed by atoms with van der Waals surface area (Å²) < 4.78 is 71.9. The lowest BCUT2D eigenvalue weighted by atomic mass is 10.1. The molecule has 204 valence electrons. The summed E-state index contributed by atoms with van der Waals surface area (Å²) in [5, 5.41) is 3.80. The number of alkyl halides is 3. The molecule has 1 unspecified atom stereocenters. The van der Waals surface area contributed by atoms with Gasteiger partial charge in [-0.05, 0) is 13.0 Å². The van der Waals surface area contributed by atoms with Gasteiger partial charge in [0, 0.05) is 64.0 Å². The molecule has 2 aliphatic heterocycles. The van der Waals surface area contributed by atoms with Crippen LogP contribution in [0.15, 0.2) is 11.4 Å². The molecular weight excluding hydrogens is 535 g/mol. The molecule has 2 saturated heterocycles. The van der Waals surface area contributed by atoms with E-state index in [1.165, 1.54) is 21.6 Å². The Balaban J connectivity index is 1.44. The van der Waals surface area contributed by atoms with Gasteiger partial charge in [0.1, 0.15) is 11.9 Å². The van der Waals surface area contributed by atoms with E-state index in [1.54, 1.807) is 11.8 Å². The van der Waals surface area contributed by atoms with Crippen molar-refractivity contribution in [2.24, 2.45) is 0 Å². The molecule has 1 N–H and O–H groups in total. The lowest BCUT2D eigenvalue weighted by Gasteiger charge is -2.39. The Kier molecular flexibility index (Phi) is 7.59. The molecule has 4 heterocycles. The first-order valence-corrected chi connectivity index (χ1v) is 14.4. The van der Waals surface area contributed by atoms with Crippen LogP contribution in [0.3, 0.4) is 0 Å². The first kappa shape index (κ1) is 27.4. The molecule has 15 heteroatoms. The van der Waals surface area contributed by atoms with Crippen LogP contribution in [0.1, 0.15) is 35.7 Å². The van der Waals surface area contributed by atoms with E-state index in [4.69, 9.17) is 4.74 Å². The molecule has 0 saturated carbocycles. The number of aromatic nitrogens is 1. The Morgan fingerprint density at radius 2 is 1.86 bits per heavy atom. The van der Waals surface area contributed by atoms with Gasteiger partial charge in [-0.25, -0.2) is 18.2 Å². The van der Waals surface area contributed by atoms with Gasteiger partial charge in [-0.2, -0.15) is 17.5 Å². The van der Waals surface area contributed by atoms with Gasteiger partial charge in [0.25, 0.3) is 5.91 Å². The number of carbonyl (C=O) groups is 2. The number of nitrogens with zero attached hydrogens (tertiary/aromatic N) is 4. The summed E-state index contributed by atoms with van der Waals surface area (Å²) in [6, 6.07) is 0.648. The molecule has 4 rings (SSSR count). The number of halogens is 3. The second-order valence-electron chi connectivity index (χ2n) is 9.17. The average Bonchev–Trinajstić information content (AvgIpc) is 3.26. The van der Waals surface area contributed by atoms with E-state index in [2.05, 4.69) is 10.3 Å². The Morgan fingerprint density at radius 1 is 1.19 bits per heavy atom. The number of amides is 2. The van der Waals surface area contributed by atoms with E-state index in [0.29, 0.717) is 25.9 Å². The third kappa shape index (κ3) is 5.77. The van der Waals surface area contributed by atoms with Gasteiger partial charge in [0.15, 0.2) is 0 Å². The van der Waals surface area contributed by atoms with Gasteiger partial charge in [-0.3, -0.25) is 4.79 Å². The first-order chi connectivity index (χ1) is 17.3. The van der Waals surface area contributed by atoms with E-state index >= 15 is 0 Å². The number of hydrogen-bond donors (Lipinski definition) is 1. The monoisotopic (exact) mass is 563 g/mol. The average molecular weight is 564 g/mol. The van der Waals surface area contributed by atoms with E-state index in [1.807, 2.05) is 0 Å². The lowest BCUT2D eigenvalue weighted by Crippen LogP contribution is -2.55. The highest BCUT2D eigenvalue weighted by atomic mass is 32.2. The number of piperazine rings is 1. The molecule has 2 aromatic rings. The zero-order valence-corrected chi connectivity index (χ0v) is 22.2. The zero-order chi connectivity index (χ0) is 27.1. The number of rotatable bonds is 4. The number of pyridine rings is 1. The van der Waals surface area contributed by atoms with Crippen molar-refractivity contribution in [1.29, 1.82) is 0 Å². The van der Waals surface area contributed by atoms with Crippen molar-refractivity contribution in [3.8, 4) is 0 Å². The fourth-order valence-corrected chi connectivity index (χ4v) is 6.50. The zero-order valence-electron chi connectivity index (χ0n) is 20.5. The summed E-state index contributed by atoms with van der Waals surface area (Å²) >= 11 is 0.828. The molecule has 2 fully saturated rings. The summed E-state index contributed by atoms with van der Waals surface area (Å²) in [6.07, 6.45) is -3.69. The molecule has 0 aliphatic carbocycles. The minimum atomic E-state index is -4.62. The van der Waals surface area contributed by atoms with Crippen LogP contribution in [0.25, 0.3) is 10.2 Å². The number of hydrogen-bond acceptors (Lipinski definition) is 8. The molecule has 10 nitrogen and oxygen atoms in total. The van der Waals surface area contributed by atoms with Crippen LogP contribution in [0.5, 0.6) is 0 Å². The third-order valence-corrected chi connectivity index (χ3v) is 8.89. The van der Waals surface area contributed by atoms with Gasteiger partial charge < -0.3 is 19.9 Å². The minimum Gasteiger partial charge on any atom is -0.446 e. The van der Waals surface area contributed by atoms with Crippen molar-refractivity contribution in [2.75, 3.05) is 50.9 Å². The summed E-state index contributed by atoms with van der Waals surface area (Å²) in [5.74, 6) is -0.403. The Hall–Kier alpha value is -2.65. The number of piperidine rings is 1. The number of carbonyl (C=O) groups excluding carboxylic acids is 2. The van der Waals surface area contributed by atoms with E-state index in [-0.39, 0.29) is 47.3 Å². The summed E-state index contributed by atoms with van der Waals surface area (Å²) in [6.45, 7) is 2.95. The van der Waals surface area contributed by atoms with E-state index in [9.17, 15) is 31.2 Å². The molecule has 0 aromatic carbocycles. The van der Waals surface area contributed by atoms with Crippen molar-refractivity contribution in [2.45, 2.75) is 38.1 Å². The fraction of sp³-hybridized carbons (Fsp3) is 0.591. The number of nitrogens with one attached hydrogen (secondary N) is 1. The predicted octanol–water partition coefficient (Wildman–Crippen LogP) is 2.75. The van der Waals surface area contributed by atoms with Gasteiger partial charge in [0.2, 0.25) is 10.0 Å². The van der Waals surface area contributed by atoms with Crippen molar-refractivity contribution in [1.82, 2.24) is 19.5 Å². The maximum absolute atomic E-state index is 13.8. The largest absolute Gasteiger partial charge is 0.446 e. The topological polar surface area (TPSA) is 112 Å². The van der Waals surface area contributed by atoms with Gasteiger partial charge >= 0.3 is 12.3 Å². The molecule has 2 amide bonds.